The molecule has 158 valence electrons. The van der Waals surface area contributed by atoms with Crippen molar-refractivity contribution in [3.8, 4) is 11.5 Å². The number of methoxy groups -OCH3 is 2. The molecule has 0 heterocycles. The first-order valence-electron chi connectivity index (χ1n) is 9.16. The molecule has 1 aromatic carbocycles. The van der Waals surface area contributed by atoms with Crippen LogP contribution in [0, 0.1) is 5.92 Å². The van der Waals surface area contributed by atoms with Gasteiger partial charge in [-0.15, -0.1) is 0 Å². The lowest BCUT2D eigenvalue weighted by atomic mass is 10.0. The molecular weight excluding hydrogens is 428 g/mol. The Morgan fingerprint density at radius 1 is 1.11 bits per heavy atom. The number of amides is 2. The average molecular weight is 459 g/mol. The molecule has 2 amide bonds. The second-order valence-electron chi connectivity index (χ2n) is 7.71. The van der Waals surface area contributed by atoms with Crippen molar-refractivity contribution in [2.75, 3.05) is 20.8 Å². The van der Waals surface area contributed by atoms with Gasteiger partial charge in [0.1, 0.15) is 23.1 Å². The van der Waals surface area contributed by atoms with Crippen LogP contribution in [0.3, 0.4) is 0 Å². The first-order chi connectivity index (χ1) is 13.0. The van der Waals surface area contributed by atoms with E-state index in [4.69, 9.17) is 14.2 Å². The van der Waals surface area contributed by atoms with Gasteiger partial charge in [0.05, 0.1) is 18.7 Å². The quantitative estimate of drug-likeness (QED) is 0.620. The third-order valence-corrected chi connectivity index (χ3v) is 4.49. The van der Waals surface area contributed by atoms with Crippen LogP contribution >= 0.6 is 15.9 Å². The van der Waals surface area contributed by atoms with Crippen molar-refractivity contribution in [3.05, 3.63) is 22.2 Å². The minimum absolute atomic E-state index is 0.0881. The highest BCUT2D eigenvalue weighted by Gasteiger charge is 2.26. The second-order valence-corrected chi connectivity index (χ2v) is 8.56. The summed E-state index contributed by atoms with van der Waals surface area (Å²) in [6.07, 6.45) is -0.0591. The standard InChI is InChI=1S/C20H31BrN2O5/c1-12(2)17(23-19(25)28-20(3,4)5)18(24)22-9-8-13-10-16(27-7)14(21)11-15(13)26-6/h10-12,17H,8-9H2,1-7H3,(H,22,24)(H,23,25)/t17-/m0/s1. The van der Waals surface area contributed by atoms with E-state index in [0.717, 1.165) is 10.0 Å². The molecule has 8 heteroatoms. The van der Waals surface area contributed by atoms with E-state index in [1.165, 1.54) is 0 Å². The predicted octanol–water partition coefficient (Wildman–Crippen LogP) is 3.67. The Kier molecular flexibility index (Phi) is 9.07. The van der Waals surface area contributed by atoms with Gasteiger partial charge < -0.3 is 24.8 Å². The van der Waals surface area contributed by atoms with E-state index in [0.29, 0.717) is 24.5 Å². The number of benzene rings is 1. The van der Waals surface area contributed by atoms with Crippen LogP contribution < -0.4 is 20.1 Å². The van der Waals surface area contributed by atoms with Gasteiger partial charge in [-0.25, -0.2) is 4.79 Å². The lowest BCUT2D eigenvalue weighted by molar-refractivity contribution is -0.124. The van der Waals surface area contributed by atoms with Crippen LogP contribution in [-0.2, 0) is 16.0 Å². The van der Waals surface area contributed by atoms with Crippen molar-refractivity contribution >= 4 is 27.9 Å². The topological polar surface area (TPSA) is 85.9 Å². The van der Waals surface area contributed by atoms with Crippen LogP contribution in [0.4, 0.5) is 4.79 Å². The number of carbonyl (C=O) groups is 2. The first kappa shape index (κ1) is 24.1. The number of nitrogens with one attached hydrogen (secondary N) is 2. The van der Waals surface area contributed by atoms with Crippen LogP contribution in [-0.4, -0.2) is 44.4 Å². The molecule has 0 aliphatic rings. The smallest absolute Gasteiger partial charge is 0.408 e. The second kappa shape index (κ2) is 10.5. The zero-order valence-electron chi connectivity index (χ0n) is 17.6. The fourth-order valence-electron chi connectivity index (χ4n) is 2.52. The van der Waals surface area contributed by atoms with Gasteiger partial charge in [-0.1, -0.05) is 13.8 Å². The van der Waals surface area contributed by atoms with Crippen LogP contribution in [0.15, 0.2) is 16.6 Å². The van der Waals surface area contributed by atoms with Gasteiger partial charge in [-0.3, -0.25) is 4.79 Å². The monoisotopic (exact) mass is 458 g/mol. The molecule has 0 radical (unpaired) electrons. The van der Waals surface area contributed by atoms with E-state index in [1.807, 2.05) is 26.0 Å². The summed E-state index contributed by atoms with van der Waals surface area (Å²) in [7, 11) is 3.18. The predicted molar refractivity (Wildman–Crippen MR) is 112 cm³/mol. The van der Waals surface area contributed by atoms with Gasteiger partial charge in [-0.2, -0.15) is 0 Å². The fourth-order valence-corrected chi connectivity index (χ4v) is 3.00. The number of halogens is 1. The maximum absolute atomic E-state index is 12.6. The summed E-state index contributed by atoms with van der Waals surface area (Å²) < 4.78 is 16.7. The Morgan fingerprint density at radius 2 is 1.71 bits per heavy atom. The van der Waals surface area contributed by atoms with Crippen molar-refractivity contribution in [1.29, 1.82) is 0 Å². The molecule has 2 N–H and O–H groups in total. The Morgan fingerprint density at radius 3 is 2.21 bits per heavy atom. The molecule has 0 fully saturated rings. The summed E-state index contributed by atoms with van der Waals surface area (Å²) in [5.74, 6) is 1.04. The third-order valence-electron chi connectivity index (χ3n) is 3.87. The average Bonchev–Trinajstić information content (AvgIpc) is 2.58. The Bertz CT molecular complexity index is 686. The van der Waals surface area contributed by atoms with Crippen molar-refractivity contribution in [1.82, 2.24) is 10.6 Å². The normalized spacial score (nSPS) is 12.3. The van der Waals surface area contributed by atoms with Crippen molar-refractivity contribution in [3.63, 3.8) is 0 Å². The number of hydrogen-bond donors (Lipinski definition) is 2. The van der Waals surface area contributed by atoms with E-state index >= 15 is 0 Å². The highest BCUT2D eigenvalue weighted by Crippen LogP contribution is 2.32. The molecule has 0 bridgehead atoms. The van der Waals surface area contributed by atoms with Gasteiger partial charge >= 0.3 is 6.09 Å². The number of rotatable bonds is 8. The summed E-state index contributed by atoms with van der Waals surface area (Å²) >= 11 is 3.43. The van der Waals surface area contributed by atoms with E-state index in [2.05, 4.69) is 26.6 Å². The molecule has 1 rings (SSSR count). The molecule has 1 atom stereocenters. The number of carbonyl (C=O) groups excluding carboxylic acids is 2. The number of ether oxygens (including phenoxy) is 3. The fraction of sp³-hybridized carbons (Fsp3) is 0.600. The summed E-state index contributed by atoms with van der Waals surface area (Å²) in [4.78, 5) is 24.6. The lowest BCUT2D eigenvalue weighted by Crippen LogP contribution is -2.51. The molecule has 0 unspecified atom stereocenters. The molecule has 28 heavy (non-hydrogen) atoms. The van der Waals surface area contributed by atoms with Gasteiger partial charge in [0.2, 0.25) is 5.91 Å². The van der Waals surface area contributed by atoms with Gasteiger partial charge in [0.25, 0.3) is 0 Å². The molecule has 0 aliphatic carbocycles. The molecule has 0 saturated heterocycles. The van der Waals surface area contributed by atoms with E-state index in [1.54, 1.807) is 35.0 Å². The molecule has 0 saturated carbocycles. The summed E-state index contributed by atoms with van der Waals surface area (Å²) in [6, 6.07) is 3.02. The summed E-state index contributed by atoms with van der Waals surface area (Å²) in [6.45, 7) is 9.44. The van der Waals surface area contributed by atoms with E-state index in [9.17, 15) is 9.59 Å². The van der Waals surface area contributed by atoms with E-state index < -0.39 is 17.7 Å². The van der Waals surface area contributed by atoms with Gasteiger partial charge in [0.15, 0.2) is 0 Å². The zero-order valence-corrected chi connectivity index (χ0v) is 19.2. The molecule has 0 aromatic heterocycles. The van der Waals surface area contributed by atoms with Gasteiger partial charge in [0, 0.05) is 6.54 Å². The minimum Gasteiger partial charge on any atom is -0.496 e. The highest BCUT2D eigenvalue weighted by molar-refractivity contribution is 9.10. The maximum Gasteiger partial charge on any atom is 0.408 e. The van der Waals surface area contributed by atoms with Crippen molar-refractivity contribution in [2.45, 2.75) is 52.7 Å². The Balaban J connectivity index is 2.72. The van der Waals surface area contributed by atoms with Crippen LogP contribution in [0.25, 0.3) is 0 Å². The third kappa shape index (κ3) is 7.58. The van der Waals surface area contributed by atoms with Crippen molar-refractivity contribution in [2.24, 2.45) is 5.92 Å². The molecule has 0 aliphatic heterocycles. The zero-order chi connectivity index (χ0) is 21.5. The highest BCUT2D eigenvalue weighted by atomic mass is 79.9. The van der Waals surface area contributed by atoms with Crippen LogP contribution in [0.5, 0.6) is 11.5 Å². The summed E-state index contributed by atoms with van der Waals surface area (Å²) in [5, 5.41) is 5.51. The van der Waals surface area contributed by atoms with E-state index in [-0.39, 0.29) is 11.8 Å². The molecule has 0 spiro atoms. The van der Waals surface area contributed by atoms with Crippen LogP contribution in [0.2, 0.25) is 0 Å². The summed E-state index contributed by atoms with van der Waals surface area (Å²) in [5.41, 5.74) is 0.281. The molecular formula is C20H31BrN2O5. The maximum atomic E-state index is 12.6. The van der Waals surface area contributed by atoms with Crippen LogP contribution in [0.1, 0.15) is 40.2 Å². The number of hydrogen-bond acceptors (Lipinski definition) is 5. The Labute approximate surface area is 175 Å². The molecule has 1 aromatic rings. The SMILES string of the molecule is COc1cc(CCNC(=O)[C@@H](NC(=O)OC(C)(C)C)C(C)C)c(OC)cc1Br. The van der Waals surface area contributed by atoms with Gasteiger partial charge in [-0.05, 0) is 66.7 Å². The first-order valence-corrected chi connectivity index (χ1v) is 9.95. The largest absolute Gasteiger partial charge is 0.496 e. The van der Waals surface area contributed by atoms with Crippen molar-refractivity contribution < 1.29 is 23.8 Å². The minimum atomic E-state index is -0.684. The lowest BCUT2D eigenvalue weighted by Gasteiger charge is -2.25. The Hall–Kier alpha value is -1.96. The number of alkyl carbamates (subject to hydrolysis) is 1. The molecule has 7 nitrogen and oxygen atoms in total.